The number of nitrogens with zero attached hydrogens (tertiary/aromatic N) is 3. The van der Waals surface area contributed by atoms with Gasteiger partial charge in [0.2, 0.25) is 0 Å². The number of aromatic nitrogens is 2. The van der Waals surface area contributed by atoms with Crippen molar-refractivity contribution in [3.05, 3.63) is 42.2 Å². The molecule has 1 aliphatic rings. The number of likely N-dealkylation sites (tertiary alicyclic amines) is 1. The molecule has 122 valence electrons. The van der Waals surface area contributed by atoms with Crippen LogP contribution < -0.4 is 10.5 Å². The Hall–Kier alpha value is -2.38. The number of rotatable bonds is 5. The summed E-state index contributed by atoms with van der Waals surface area (Å²) >= 11 is 0. The lowest BCUT2D eigenvalue weighted by Crippen LogP contribution is -2.50. The van der Waals surface area contributed by atoms with E-state index < -0.39 is 11.5 Å². The van der Waals surface area contributed by atoms with Crippen LogP contribution >= 0.6 is 0 Å². The number of methoxy groups -OCH3 is 1. The van der Waals surface area contributed by atoms with Crippen molar-refractivity contribution in [1.29, 1.82) is 0 Å². The van der Waals surface area contributed by atoms with Crippen molar-refractivity contribution in [1.82, 2.24) is 14.7 Å². The zero-order chi connectivity index (χ0) is 16.4. The van der Waals surface area contributed by atoms with Crippen LogP contribution in [0.3, 0.4) is 0 Å². The first-order valence-electron chi connectivity index (χ1n) is 7.43. The monoisotopic (exact) mass is 316 g/mol. The van der Waals surface area contributed by atoms with E-state index >= 15 is 0 Å². The number of benzene rings is 1. The molecule has 1 aromatic carbocycles. The third-order valence-electron chi connectivity index (χ3n) is 4.24. The maximum Gasteiger partial charge on any atom is 0.325 e. The summed E-state index contributed by atoms with van der Waals surface area (Å²) in [5.74, 6) is -0.190. The molecule has 1 aliphatic heterocycles. The average molecular weight is 316 g/mol. The molecule has 1 aromatic heterocycles. The second-order valence-electron chi connectivity index (χ2n) is 5.87. The Morgan fingerprint density at radius 3 is 2.96 bits per heavy atom. The second kappa shape index (κ2) is 6.02. The van der Waals surface area contributed by atoms with E-state index in [2.05, 4.69) is 10.00 Å². The third kappa shape index (κ3) is 3.06. The average Bonchev–Trinajstić information content (AvgIpc) is 3.18. The summed E-state index contributed by atoms with van der Waals surface area (Å²) in [6, 6.07) is 7.65. The van der Waals surface area contributed by atoms with Crippen LogP contribution in [-0.2, 0) is 11.3 Å². The van der Waals surface area contributed by atoms with Crippen LogP contribution in [-0.4, -0.2) is 51.5 Å². The normalized spacial score (nSPS) is 21.5. The lowest BCUT2D eigenvalue weighted by atomic mass is 10.0. The van der Waals surface area contributed by atoms with Gasteiger partial charge in [0, 0.05) is 32.0 Å². The molecule has 0 aliphatic carbocycles. The molecule has 7 heteroatoms. The largest absolute Gasteiger partial charge is 0.497 e. The molecule has 2 aromatic rings. The Bertz CT molecular complexity index is 701. The zero-order valence-electron chi connectivity index (χ0n) is 13.0. The van der Waals surface area contributed by atoms with Crippen molar-refractivity contribution >= 4 is 5.97 Å². The molecule has 23 heavy (non-hydrogen) atoms. The van der Waals surface area contributed by atoms with Gasteiger partial charge in [-0.3, -0.25) is 9.69 Å². The SMILES string of the molecule is COc1ccc(-n2cccn2)c(CN2CC[C@](N)(C(=O)O)C2)c1. The molecule has 3 rings (SSSR count). The fraction of sp³-hybridized carbons (Fsp3) is 0.375. The van der Waals surface area contributed by atoms with Crippen LogP contribution in [0, 0.1) is 0 Å². The maximum atomic E-state index is 11.3. The molecule has 1 atom stereocenters. The summed E-state index contributed by atoms with van der Waals surface area (Å²) in [6.07, 6.45) is 4.04. The number of nitrogens with two attached hydrogens (primary N) is 1. The Morgan fingerprint density at radius 1 is 1.52 bits per heavy atom. The molecule has 1 saturated heterocycles. The number of hydrogen-bond acceptors (Lipinski definition) is 5. The number of carboxylic acid groups (broad SMARTS) is 1. The van der Waals surface area contributed by atoms with Gasteiger partial charge in [-0.25, -0.2) is 4.68 Å². The van der Waals surface area contributed by atoms with E-state index in [9.17, 15) is 9.90 Å². The molecule has 0 spiro atoms. The van der Waals surface area contributed by atoms with Gasteiger partial charge in [0.25, 0.3) is 0 Å². The van der Waals surface area contributed by atoms with Crippen LogP contribution in [0.1, 0.15) is 12.0 Å². The Labute approximate surface area is 134 Å². The number of carbonyl (C=O) groups is 1. The van der Waals surface area contributed by atoms with Gasteiger partial charge in [-0.05, 0) is 36.2 Å². The number of ether oxygens (including phenoxy) is 1. The van der Waals surface area contributed by atoms with E-state index in [1.165, 1.54) is 0 Å². The molecule has 0 amide bonds. The van der Waals surface area contributed by atoms with Crippen molar-refractivity contribution in [3.8, 4) is 11.4 Å². The molecular weight excluding hydrogens is 296 g/mol. The summed E-state index contributed by atoms with van der Waals surface area (Å²) < 4.78 is 7.09. The highest BCUT2D eigenvalue weighted by atomic mass is 16.5. The summed E-state index contributed by atoms with van der Waals surface area (Å²) in [5, 5.41) is 13.5. The van der Waals surface area contributed by atoms with Gasteiger partial charge in [-0.2, -0.15) is 5.10 Å². The molecule has 0 radical (unpaired) electrons. The van der Waals surface area contributed by atoms with Crippen molar-refractivity contribution in [2.75, 3.05) is 20.2 Å². The molecule has 2 heterocycles. The first kappa shape index (κ1) is 15.5. The molecule has 0 unspecified atom stereocenters. The predicted molar refractivity (Wildman–Crippen MR) is 84.6 cm³/mol. The summed E-state index contributed by atoms with van der Waals surface area (Å²) in [4.78, 5) is 13.3. The minimum Gasteiger partial charge on any atom is -0.497 e. The molecular formula is C16H20N4O3. The quantitative estimate of drug-likeness (QED) is 0.850. The van der Waals surface area contributed by atoms with Gasteiger partial charge in [-0.1, -0.05) is 0 Å². The molecule has 7 nitrogen and oxygen atoms in total. The minimum atomic E-state index is -1.16. The van der Waals surface area contributed by atoms with Gasteiger partial charge in [0.15, 0.2) is 0 Å². The lowest BCUT2D eigenvalue weighted by molar-refractivity contribution is -0.142. The molecule has 0 saturated carbocycles. The number of carboxylic acids is 1. The van der Waals surface area contributed by atoms with Gasteiger partial charge in [0.1, 0.15) is 11.3 Å². The Kier molecular flexibility index (Phi) is 4.06. The van der Waals surface area contributed by atoms with E-state index in [4.69, 9.17) is 10.5 Å². The highest BCUT2D eigenvalue weighted by Crippen LogP contribution is 2.26. The summed E-state index contributed by atoms with van der Waals surface area (Å²) in [5.41, 5.74) is 6.75. The van der Waals surface area contributed by atoms with Gasteiger partial charge >= 0.3 is 5.97 Å². The Balaban J connectivity index is 1.86. The van der Waals surface area contributed by atoms with Crippen LogP contribution in [0.4, 0.5) is 0 Å². The fourth-order valence-electron chi connectivity index (χ4n) is 2.92. The summed E-state index contributed by atoms with van der Waals surface area (Å²) in [7, 11) is 1.62. The van der Waals surface area contributed by atoms with E-state index in [0.29, 0.717) is 26.1 Å². The third-order valence-corrected chi connectivity index (χ3v) is 4.24. The molecule has 3 N–H and O–H groups in total. The van der Waals surface area contributed by atoms with Crippen LogP contribution in [0.15, 0.2) is 36.7 Å². The van der Waals surface area contributed by atoms with E-state index in [1.807, 2.05) is 30.5 Å². The van der Waals surface area contributed by atoms with Crippen LogP contribution in [0.5, 0.6) is 5.75 Å². The molecule has 0 bridgehead atoms. The number of hydrogen-bond donors (Lipinski definition) is 2. The highest BCUT2D eigenvalue weighted by molar-refractivity contribution is 5.79. The second-order valence-corrected chi connectivity index (χ2v) is 5.87. The van der Waals surface area contributed by atoms with Crippen molar-refractivity contribution in [3.63, 3.8) is 0 Å². The maximum absolute atomic E-state index is 11.3. The fourth-order valence-corrected chi connectivity index (χ4v) is 2.92. The van der Waals surface area contributed by atoms with Crippen LogP contribution in [0.2, 0.25) is 0 Å². The van der Waals surface area contributed by atoms with Gasteiger partial charge in [-0.15, -0.1) is 0 Å². The van der Waals surface area contributed by atoms with Gasteiger partial charge < -0.3 is 15.6 Å². The van der Waals surface area contributed by atoms with E-state index in [1.54, 1.807) is 18.0 Å². The standard InChI is InChI=1S/C16H20N4O3/c1-23-13-3-4-14(20-7-2-6-18-20)12(9-13)10-19-8-5-16(17,11-19)15(21)22/h2-4,6-7,9H,5,8,10-11,17H2,1H3,(H,21,22)/t16-/m1/s1. The van der Waals surface area contributed by atoms with Crippen molar-refractivity contribution < 1.29 is 14.6 Å². The number of aliphatic carboxylic acids is 1. The zero-order valence-corrected chi connectivity index (χ0v) is 13.0. The van der Waals surface area contributed by atoms with E-state index in [0.717, 1.165) is 17.0 Å². The van der Waals surface area contributed by atoms with Crippen molar-refractivity contribution in [2.45, 2.75) is 18.5 Å². The van der Waals surface area contributed by atoms with Gasteiger partial charge in [0.05, 0.1) is 12.8 Å². The highest BCUT2D eigenvalue weighted by Gasteiger charge is 2.41. The van der Waals surface area contributed by atoms with Crippen LogP contribution in [0.25, 0.3) is 5.69 Å². The predicted octanol–water partition coefficient (Wildman–Crippen LogP) is 0.869. The Morgan fingerprint density at radius 2 is 2.35 bits per heavy atom. The first-order chi connectivity index (χ1) is 11.0. The summed E-state index contributed by atoms with van der Waals surface area (Å²) in [6.45, 7) is 1.58. The smallest absolute Gasteiger partial charge is 0.325 e. The minimum absolute atomic E-state index is 0.331. The lowest BCUT2D eigenvalue weighted by Gasteiger charge is -2.21. The van der Waals surface area contributed by atoms with Crippen molar-refractivity contribution in [2.24, 2.45) is 5.73 Å². The molecule has 1 fully saturated rings. The first-order valence-corrected chi connectivity index (χ1v) is 7.43. The van der Waals surface area contributed by atoms with E-state index in [-0.39, 0.29) is 0 Å². The topological polar surface area (TPSA) is 93.6 Å².